The normalized spacial score (nSPS) is 22.4. The van der Waals surface area contributed by atoms with E-state index in [2.05, 4.69) is 18.9 Å². The molecule has 0 atom stereocenters. The maximum absolute atomic E-state index is 10.8. The van der Waals surface area contributed by atoms with Gasteiger partial charge in [-0.25, -0.2) is 4.79 Å². The molecule has 0 aromatic heterocycles. The van der Waals surface area contributed by atoms with Gasteiger partial charge in [0.05, 0.1) is 0 Å². The van der Waals surface area contributed by atoms with E-state index < -0.39 is 5.97 Å². The van der Waals surface area contributed by atoms with Crippen molar-refractivity contribution in [2.45, 2.75) is 38.6 Å². The Balaban J connectivity index is 2.26. The van der Waals surface area contributed by atoms with Gasteiger partial charge < -0.3 is 10.0 Å². The molecule has 0 radical (unpaired) electrons. The highest BCUT2D eigenvalue weighted by atomic mass is 35.5. The van der Waals surface area contributed by atoms with Crippen LogP contribution in [0.3, 0.4) is 0 Å². The predicted molar refractivity (Wildman–Crippen MR) is 87.9 cm³/mol. The molecule has 1 N–H and O–H groups in total. The second-order valence-electron chi connectivity index (χ2n) is 5.87. The van der Waals surface area contributed by atoms with E-state index in [0.29, 0.717) is 11.1 Å². The standard InChI is InChI=1S/C17H22ClNO2/c1-12-6-8-13(9-7-12)19(2)16-5-3-4-15(18)14(16)10-11-17(20)21/h3-5,10-13H,6-9H2,1-2H3,(H,20,21). The molecule has 0 spiro atoms. The van der Waals surface area contributed by atoms with Gasteiger partial charge in [0.1, 0.15) is 0 Å². The molecule has 1 aromatic carbocycles. The molecule has 3 nitrogen and oxygen atoms in total. The molecule has 1 aliphatic carbocycles. The molecule has 2 rings (SSSR count). The minimum absolute atomic E-state index is 0.497. The van der Waals surface area contributed by atoms with E-state index in [1.807, 2.05) is 12.1 Å². The zero-order chi connectivity index (χ0) is 15.4. The van der Waals surface area contributed by atoms with Crippen molar-refractivity contribution in [1.29, 1.82) is 0 Å². The summed E-state index contributed by atoms with van der Waals surface area (Å²) in [6.45, 7) is 2.30. The zero-order valence-corrected chi connectivity index (χ0v) is 13.3. The number of hydrogen-bond donors (Lipinski definition) is 1. The van der Waals surface area contributed by atoms with Crippen molar-refractivity contribution in [1.82, 2.24) is 0 Å². The second kappa shape index (κ2) is 6.99. The first-order valence-electron chi connectivity index (χ1n) is 7.41. The third-order valence-electron chi connectivity index (χ3n) is 4.34. The summed E-state index contributed by atoms with van der Waals surface area (Å²) in [7, 11) is 2.07. The highest BCUT2D eigenvalue weighted by molar-refractivity contribution is 6.32. The number of carboxylic acid groups (broad SMARTS) is 1. The Kier molecular flexibility index (Phi) is 5.29. The molecule has 0 heterocycles. The average molecular weight is 308 g/mol. The number of carboxylic acids is 1. The minimum Gasteiger partial charge on any atom is -0.478 e. The highest BCUT2D eigenvalue weighted by Crippen LogP contribution is 2.34. The fourth-order valence-electron chi connectivity index (χ4n) is 2.98. The van der Waals surface area contributed by atoms with Crippen LogP contribution >= 0.6 is 11.6 Å². The maximum Gasteiger partial charge on any atom is 0.328 e. The number of aliphatic carboxylic acids is 1. The molecule has 0 unspecified atom stereocenters. The third kappa shape index (κ3) is 4.01. The van der Waals surface area contributed by atoms with Crippen molar-refractivity contribution in [3.8, 4) is 0 Å². The van der Waals surface area contributed by atoms with Crippen molar-refractivity contribution in [3.63, 3.8) is 0 Å². The van der Waals surface area contributed by atoms with Crippen LogP contribution in [0.4, 0.5) is 5.69 Å². The number of hydrogen-bond acceptors (Lipinski definition) is 2. The molecule has 1 aromatic rings. The molecule has 4 heteroatoms. The summed E-state index contributed by atoms with van der Waals surface area (Å²) in [5, 5.41) is 9.41. The molecular weight excluding hydrogens is 286 g/mol. The van der Waals surface area contributed by atoms with Crippen LogP contribution in [0.5, 0.6) is 0 Å². The topological polar surface area (TPSA) is 40.5 Å². The first-order valence-corrected chi connectivity index (χ1v) is 7.79. The number of rotatable bonds is 4. The van der Waals surface area contributed by atoms with E-state index >= 15 is 0 Å². The van der Waals surface area contributed by atoms with Crippen molar-refractivity contribution in [3.05, 3.63) is 34.9 Å². The molecule has 21 heavy (non-hydrogen) atoms. The Labute approximate surface area is 131 Å². The summed E-state index contributed by atoms with van der Waals surface area (Å²) < 4.78 is 0. The fourth-order valence-corrected chi connectivity index (χ4v) is 3.21. The second-order valence-corrected chi connectivity index (χ2v) is 6.28. The number of halogens is 1. The molecule has 0 aliphatic heterocycles. The van der Waals surface area contributed by atoms with E-state index in [-0.39, 0.29) is 0 Å². The molecule has 0 saturated heterocycles. The van der Waals surface area contributed by atoms with Crippen molar-refractivity contribution in [2.75, 3.05) is 11.9 Å². The summed E-state index contributed by atoms with van der Waals surface area (Å²) in [6, 6.07) is 6.21. The van der Waals surface area contributed by atoms with Gasteiger partial charge in [-0.3, -0.25) is 0 Å². The highest BCUT2D eigenvalue weighted by Gasteiger charge is 2.23. The van der Waals surface area contributed by atoms with Crippen molar-refractivity contribution in [2.24, 2.45) is 5.92 Å². The lowest BCUT2D eigenvalue weighted by Gasteiger charge is -2.36. The third-order valence-corrected chi connectivity index (χ3v) is 4.67. The maximum atomic E-state index is 10.8. The largest absolute Gasteiger partial charge is 0.478 e. The van der Waals surface area contributed by atoms with E-state index in [0.717, 1.165) is 23.2 Å². The van der Waals surface area contributed by atoms with Crippen LogP contribution in [0.15, 0.2) is 24.3 Å². The number of nitrogens with zero attached hydrogens (tertiary/aromatic N) is 1. The molecule has 1 saturated carbocycles. The summed E-state index contributed by atoms with van der Waals surface area (Å²) in [4.78, 5) is 13.0. The Morgan fingerprint density at radius 2 is 2.00 bits per heavy atom. The van der Waals surface area contributed by atoms with E-state index in [4.69, 9.17) is 16.7 Å². The van der Waals surface area contributed by atoms with Crippen LogP contribution in [0.25, 0.3) is 6.08 Å². The molecule has 1 fully saturated rings. The fraction of sp³-hybridized carbons (Fsp3) is 0.471. The Bertz CT molecular complexity index is 534. The van der Waals surface area contributed by atoms with Crippen LogP contribution < -0.4 is 4.90 Å². The summed E-state index contributed by atoms with van der Waals surface area (Å²) in [6.07, 6.45) is 7.56. The minimum atomic E-state index is -0.963. The SMILES string of the molecule is CC1CCC(N(C)c2cccc(Cl)c2C=CC(=O)O)CC1. The summed E-state index contributed by atoms with van der Waals surface area (Å²) in [5.41, 5.74) is 1.78. The first-order chi connectivity index (χ1) is 9.99. The molecule has 0 bridgehead atoms. The number of anilines is 1. The van der Waals surface area contributed by atoms with Gasteiger partial charge in [-0.05, 0) is 49.8 Å². The van der Waals surface area contributed by atoms with Gasteiger partial charge in [-0.15, -0.1) is 0 Å². The first kappa shape index (κ1) is 15.9. The smallest absolute Gasteiger partial charge is 0.328 e. The zero-order valence-electron chi connectivity index (χ0n) is 12.6. The monoisotopic (exact) mass is 307 g/mol. The van der Waals surface area contributed by atoms with Gasteiger partial charge in [-0.2, -0.15) is 0 Å². The van der Waals surface area contributed by atoms with Gasteiger partial charge in [0.15, 0.2) is 0 Å². The average Bonchev–Trinajstić information content (AvgIpc) is 2.45. The molecule has 1 aliphatic rings. The quantitative estimate of drug-likeness (QED) is 0.835. The lowest BCUT2D eigenvalue weighted by molar-refractivity contribution is -0.131. The molecule has 114 valence electrons. The Morgan fingerprint density at radius 1 is 1.33 bits per heavy atom. The van der Waals surface area contributed by atoms with Gasteiger partial charge in [0.2, 0.25) is 0 Å². The molecule has 0 amide bonds. The van der Waals surface area contributed by atoms with Gasteiger partial charge in [0, 0.05) is 35.4 Å². The predicted octanol–water partition coefficient (Wildman–Crippen LogP) is 4.45. The van der Waals surface area contributed by atoms with Gasteiger partial charge in [-0.1, -0.05) is 24.6 Å². The number of carbonyl (C=O) groups is 1. The van der Waals surface area contributed by atoms with Crippen molar-refractivity contribution >= 4 is 29.3 Å². The van der Waals surface area contributed by atoms with Crippen LogP contribution in [0.1, 0.15) is 38.2 Å². The van der Waals surface area contributed by atoms with Gasteiger partial charge >= 0.3 is 5.97 Å². The lowest BCUT2D eigenvalue weighted by atomic mass is 9.86. The van der Waals surface area contributed by atoms with E-state index in [1.54, 1.807) is 12.1 Å². The lowest BCUT2D eigenvalue weighted by Crippen LogP contribution is -2.35. The van der Waals surface area contributed by atoms with E-state index in [1.165, 1.54) is 25.7 Å². The van der Waals surface area contributed by atoms with Crippen LogP contribution in [0, 0.1) is 5.92 Å². The molecular formula is C17H22ClNO2. The van der Waals surface area contributed by atoms with Crippen molar-refractivity contribution < 1.29 is 9.90 Å². The number of benzene rings is 1. The summed E-state index contributed by atoms with van der Waals surface area (Å²) >= 11 is 6.25. The summed E-state index contributed by atoms with van der Waals surface area (Å²) in [5.74, 6) is -0.157. The Morgan fingerprint density at radius 3 is 2.62 bits per heavy atom. The van der Waals surface area contributed by atoms with Crippen LogP contribution in [0.2, 0.25) is 5.02 Å². The van der Waals surface area contributed by atoms with Crippen LogP contribution in [-0.4, -0.2) is 24.2 Å². The van der Waals surface area contributed by atoms with Gasteiger partial charge in [0.25, 0.3) is 0 Å². The van der Waals surface area contributed by atoms with Crippen LogP contribution in [-0.2, 0) is 4.79 Å². The van der Waals surface area contributed by atoms with E-state index in [9.17, 15) is 4.79 Å². The Hall–Kier alpha value is -1.48.